The lowest BCUT2D eigenvalue weighted by Gasteiger charge is -2.39. The molecule has 114 valence electrons. The molecule has 2 fully saturated rings. The highest BCUT2D eigenvalue weighted by Crippen LogP contribution is 2.37. The number of hydrogen-bond donors (Lipinski definition) is 1. The average Bonchev–Trinajstić information content (AvgIpc) is 2.96. The molecule has 1 aromatic rings. The lowest BCUT2D eigenvalue weighted by atomic mass is 9.78. The van der Waals surface area contributed by atoms with Crippen LogP contribution in [0.4, 0.5) is 0 Å². The second-order valence-corrected chi connectivity index (χ2v) is 6.20. The summed E-state index contributed by atoms with van der Waals surface area (Å²) >= 11 is 0. The second kappa shape index (κ2) is 6.02. The number of carbonyl (C=O) groups is 1. The molecule has 0 bridgehead atoms. The predicted molar refractivity (Wildman–Crippen MR) is 80.1 cm³/mol. The summed E-state index contributed by atoms with van der Waals surface area (Å²) in [5.74, 6) is 0.728. The number of nitrogens with zero attached hydrogens (tertiary/aromatic N) is 2. The maximum Gasteiger partial charge on any atom is 0.263 e. The molecule has 1 aromatic heterocycles. The van der Waals surface area contributed by atoms with Gasteiger partial charge in [-0.2, -0.15) is 0 Å². The van der Waals surface area contributed by atoms with Crippen molar-refractivity contribution in [3.8, 4) is 5.75 Å². The van der Waals surface area contributed by atoms with Crippen molar-refractivity contribution in [2.75, 3.05) is 26.2 Å². The SMILES string of the molecule is CC(Oc1cccnc1)C(=O)N1CCC2(CCNC2)CC1. The molecule has 2 aliphatic rings. The number of carbonyl (C=O) groups excluding carboxylic acids is 1. The number of nitrogens with one attached hydrogen (secondary N) is 1. The Hall–Kier alpha value is -1.62. The third-order valence-electron chi connectivity index (χ3n) is 4.76. The van der Waals surface area contributed by atoms with E-state index in [4.69, 9.17) is 4.74 Å². The number of piperidine rings is 1. The van der Waals surface area contributed by atoms with E-state index in [0.717, 1.165) is 39.0 Å². The van der Waals surface area contributed by atoms with Gasteiger partial charge < -0.3 is 15.0 Å². The molecule has 3 heterocycles. The van der Waals surface area contributed by atoms with Gasteiger partial charge in [0.05, 0.1) is 6.20 Å². The van der Waals surface area contributed by atoms with Crippen molar-refractivity contribution in [1.29, 1.82) is 0 Å². The largest absolute Gasteiger partial charge is 0.479 e. The van der Waals surface area contributed by atoms with Crippen LogP contribution in [0.2, 0.25) is 0 Å². The Labute approximate surface area is 125 Å². The summed E-state index contributed by atoms with van der Waals surface area (Å²) in [6, 6.07) is 3.64. The van der Waals surface area contributed by atoms with Crippen LogP contribution >= 0.6 is 0 Å². The summed E-state index contributed by atoms with van der Waals surface area (Å²) in [5.41, 5.74) is 0.435. The van der Waals surface area contributed by atoms with E-state index in [1.807, 2.05) is 24.0 Å². The average molecular weight is 289 g/mol. The van der Waals surface area contributed by atoms with Crippen LogP contribution in [0.15, 0.2) is 24.5 Å². The molecule has 0 saturated carbocycles. The van der Waals surface area contributed by atoms with Gasteiger partial charge in [0.1, 0.15) is 5.75 Å². The van der Waals surface area contributed by atoms with Crippen molar-refractivity contribution in [3.05, 3.63) is 24.5 Å². The summed E-state index contributed by atoms with van der Waals surface area (Å²) < 4.78 is 5.68. The topological polar surface area (TPSA) is 54.5 Å². The Bertz CT molecular complexity index is 476. The van der Waals surface area contributed by atoms with Gasteiger partial charge in [-0.05, 0) is 50.3 Å². The van der Waals surface area contributed by atoms with E-state index < -0.39 is 6.10 Å². The lowest BCUT2D eigenvalue weighted by Crippen LogP contribution is -2.48. The normalized spacial score (nSPS) is 22.2. The number of amides is 1. The van der Waals surface area contributed by atoms with Crippen LogP contribution in [0, 0.1) is 5.41 Å². The zero-order valence-corrected chi connectivity index (χ0v) is 12.5. The van der Waals surface area contributed by atoms with Crippen molar-refractivity contribution in [2.24, 2.45) is 5.41 Å². The number of aromatic nitrogens is 1. The van der Waals surface area contributed by atoms with Gasteiger partial charge in [0.15, 0.2) is 6.10 Å². The fraction of sp³-hybridized carbons (Fsp3) is 0.625. The highest BCUT2D eigenvalue weighted by Gasteiger charge is 2.38. The summed E-state index contributed by atoms with van der Waals surface area (Å²) in [6.07, 6.45) is 6.33. The van der Waals surface area contributed by atoms with Crippen molar-refractivity contribution in [3.63, 3.8) is 0 Å². The number of likely N-dealkylation sites (tertiary alicyclic amines) is 1. The fourth-order valence-corrected chi connectivity index (χ4v) is 3.35. The monoisotopic (exact) mass is 289 g/mol. The number of hydrogen-bond acceptors (Lipinski definition) is 4. The Morgan fingerprint density at radius 3 is 2.86 bits per heavy atom. The standard InChI is InChI=1S/C16H23N3O2/c1-13(21-14-3-2-7-17-11-14)15(20)19-9-5-16(6-10-19)4-8-18-12-16/h2-3,7,11,13,18H,4-6,8-10,12H2,1H3. The third-order valence-corrected chi connectivity index (χ3v) is 4.76. The third kappa shape index (κ3) is 3.18. The minimum Gasteiger partial charge on any atom is -0.479 e. The highest BCUT2D eigenvalue weighted by atomic mass is 16.5. The van der Waals surface area contributed by atoms with Crippen molar-refractivity contribution < 1.29 is 9.53 Å². The highest BCUT2D eigenvalue weighted by molar-refractivity contribution is 5.81. The van der Waals surface area contributed by atoms with E-state index in [1.54, 1.807) is 12.4 Å². The molecule has 21 heavy (non-hydrogen) atoms. The summed E-state index contributed by atoms with van der Waals surface area (Å²) in [4.78, 5) is 18.4. The molecular formula is C16H23N3O2. The molecular weight excluding hydrogens is 266 g/mol. The first-order valence-corrected chi connectivity index (χ1v) is 7.75. The van der Waals surface area contributed by atoms with Crippen LogP contribution in [0.3, 0.4) is 0 Å². The van der Waals surface area contributed by atoms with Crippen LogP contribution in [-0.4, -0.2) is 48.1 Å². The smallest absolute Gasteiger partial charge is 0.263 e. The Morgan fingerprint density at radius 1 is 1.43 bits per heavy atom. The molecule has 0 aliphatic carbocycles. The van der Waals surface area contributed by atoms with E-state index in [9.17, 15) is 4.79 Å². The van der Waals surface area contributed by atoms with Gasteiger partial charge in [0.25, 0.3) is 5.91 Å². The van der Waals surface area contributed by atoms with Gasteiger partial charge in [-0.25, -0.2) is 0 Å². The molecule has 5 nitrogen and oxygen atoms in total. The molecule has 1 spiro atoms. The first kappa shape index (κ1) is 14.3. The van der Waals surface area contributed by atoms with E-state index in [-0.39, 0.29) is 5.91 Å². The van der Waals surface area contributed by atoms with Crippen LogP contribution in [0.1, 0.15) is 26.2 Å². The first-order valence-electron chi connectivity index (χ1n) is 7.75. The lowest BCUT2D eigenvalue weighted by molar-refractivity contribution is -0.140. The Morgan fingerprint density at radius 2 is 2.24 bits per heavy atom. The van der Waals surface area contributed by atoms with Gasteiger partial charge >= 0.3 is 0 Å². The molecule has 1 N–H and O–H groups in total. The second-order valence-electron chi connectivity index (χ2n) is 6.20. The van der Waals surface area contributed by atoms with Crippen molar-refractivity contribution >= 4 is 5.91 Å². The zero-order valence-electron chi connectivity index (χ0n) is 12.5. The van der Waals surface area contributed by atoms with Gasteiger partial charge in [-0.15, -0.1) is 0 Å². The maximum absolute atomic E-state index is 12.5. The number of pyridine rings is 1. The van der Waals surface area contributed by atoms with Crippen molar-refractivity contribution in [2.45, 2.75) is 32.3 Å². The maximum atomic E-state index is 12.5. The number of ether oxygens (including phenoxy) is 1. The fourth-order valence-electron chi connectivity index (χ4n) is 3.35. The minimum absolute atomic E-state index is 0.0830. The van der Waals surface area contributed by atoms with Gasteiger partial charge in [-0.1, -0.05) is 0 Å². The van der Waals surface area contributed by atoms with Gasteiger partial charge in [-0.3, -0.25) is 9.78 Å². The predicted octanol–water partition coefficient (Wildman–Crippen LogP) is 1.45. The molecule has 1 atom stereocenters. The summed E-state index contributed by atoms with van der Waals surface area (Å²) in [5, 5.41) is 3.45. The minimum atomic E-state index is -0.454. The van der Waals surface area contributed by atoms with E-state index in [0.29, 0.717) is 11.2 Å². The first-order chi connectivity index (χ1) is 10.2. The quantitative estimate of drug-likeness (QED) is 0.915. The van der Waals surface area contributed by atoms with Crippen LogP contribution in [0.25, 0.3) is 0 Å². The Balaban J connectivity index is 1.54. The van der Waals surface area contributed by atoms with Gasteiger partial charge in [0.2, 0.25) is 0 Å². The summed E-state index contributed by atoms with van der Waals surface area (Å²) in [7, 11) is 0. The number of rotatable bonds is 3. The van der Waals surface area contributed by atoms with E-state index in [2.05, 4.69) is 10.3 Å². The zero-order chi connectivity index (χ0) is 14.7. The van der Waals surface area contributed by atoms with E-state index in [1.165, 1.54) is 6.42 Å². The molecule has 5 heteroatoms. The molecule has 3 rings (SSSR count). The van der Waals surface area contributed by atoms with E-state index >= 15 is 0 Å². The summed E-state index contributed by atoms with van der Waals surface area (Å²) in [6.45, 7) is 5.74. The van der Waals surface area contributed by atoms with Crippen LogP contribution in [-0.2, 0) is 4.79 Å². The van der Waals surface area contributed by atoms with Crippen molar-refractivity contribution in [1.82, 2.24) is 15.2 Å². The molecule has 0 radical (unpaired) electrons. The molecule has 2 aliphatic heterocycles. The molecule has 0 aromatic carbocycles. The van der Waals surface area contributed by atoms with Gasteiger partial charge in [0, 0.05) is 25.8 Å². The van der Waals surface area contributed by atoms with Crippen LogP contribution < -0.4 is 10.1 Å². The molecule has 2 saturated heterocycles. The molecule has 1 unspecified atom stereocenters. The Kier molecular flexibility index (Phi) is 4.10. The van der Waals surface area contributed by atoms with Crippen LogP contribution in [0.5, 0.6) is 5.75 Å². The molecule has 1 amide bonds.